The molecule has 0 aromatic rings. The van der Waals surface area contributed by atoms with Gasteiger partial charge in [0.05, 0.1) is 13.2 Å². The zero-order valence-electron chi connectivity index (χ0n) is 13.5. The molecule has 0 radical (unpaired) electrons. The van der Waals surface area contributed by atoms with Crippen molar-refractivity contribution in [2.45, 2.75) is 51.1 Å². The van der Waals surface area contributed by atoms with Gasteiger partial charge in [-0.15, -0.1) is 6.42 Å². The highest BCUT2D eigenvalue weighted by molar-refractivity contribution is 5.69. The molecule has 0 aliphatic carbocycles. The topological polar surface area (TPSA) is 44.8 Å². The third-order valence-corrected chi connectivity index (χ3v) is 3.10. The zero-order chi connectivity index (χ0) is 16.4. The molecule has 120 valence electrons. The van der Waals surface area contributed by atoms with Crippen LogP contribution in [0.5, 0.6) is 0 Å². The molecule has 0 unspecified atom stereocenters. The second kappa shape index (κ2) is 9.24. The van der Waals surface area contributed by atoms with Crippen LogP contribution in [0.2, 0.25) is 0 Å². The van der Waals surface area contributed by atoms with Crippen molar-refractivity contribution >= 4 is 5.97 Å². The van der Waals surface area contributed by atoms with Crippen molar-refractivity contribution in [3.63, 3.8) is 0 Å². The second-order valence-electron chi connectivity index (χ2n) is 5.37. The van der Waals surface area contributed by atoms with E-state index in [1.54, 1.807) is 12.2 Å². The van der Waals surface area contributed by atoms with E-state index >= 15 is 0 Å². The van der Waals surface area contributed by atoms with Gasteiger partial charge in [-0.1, -0.05) is 36.3 Å². The summed E-state index contributed by atoms with van der Waals surface area (Å²) in [7, 11) is 1.39. The lowest BCUT2D eigenvalue weighted by Crippen LogP contribution is -2.21. The zero-order valence-corrected chi connectivity index (χ0v) is 13.5. The summed E-state index contributed by atoms with van der Waals surface area (Å²) in [4.78, 5) is 11.0. The minimum absolute atomic E-state index is 0.0557. The van der Waals surface area contributed by atoms with Gasteiger partial charge in [0, 0.05) is 6.42 Å². The normalized spacial score (nSPS) is 24.3. The quantitative estimate of drug-likeness (QED) is 0.314. The van der Waals surface area contributed by atoms with Gasteiger partial charge in [-0.05, 0) is 32.8 Å². The highest BCUT2D eigenvalue weighted by Gasteiger charge is 2.38. The number of methoxy groups -OCH3 is 1. The predicted molar refractivity (Wildman–Crippen MR) is 85.9 cm³/mol. The Morgan fingerprint density at radius 1 is 1.32 bits per heavy atom. The molecule has 0 bridgehead atoms. The Hall–Kier alpha value is -1.83. The van der Waals surface area contributed by atoms with Gasteiger partial charge in [0.2, 0.25) is 0 Å². The lowest BCUT2D eigenvalue weighted by Gasteiger charge is -2.16. The number of hydrogen-bond acceptors (Lipinski definition) is 4. The van der Waals surface area contributed by atoms with Crippen LogP contribution in [0.3, 0.4) is 0 Å². The lowest BCUT2D eigenvalue weighted by molar-refractivity contribution is -0.142. The fourth-order valence-corrected chi connectivity index (χ4v) is 2.14. The summed E-state index contributed by atoms with van der Waals surface area (Å²) in [5, 5.41) is 0. The van der Waals surface area contributed by atoms with Crippen molar-refractivity contribution in [2.24, 2.45) is 0 Å². The van der Waals surface area contributed by atoms with Crippen LogP contribution in [0.4, 0.5) is 0 Å². The summed E-state index contributed by atoms with van der Waals surface area (Å²) < 4.78 is 16.3. The molecule has 1 aliphatic heterocycles. The second-order valence-corrected chi connectivity index (χ2v) is 5.37. The first-order valence-corrected chi connectivity index (χ1v) is 7.35. The number of allylic oxidation sites excluding steroid dienone is 4. The molecule has 0 spiro atoms. The van der Waals surface area contributed by atoms with Crippen molar-refractivity contribution in [3.05, 3.63) is 36.5 Å². The first-order valence-electron chi connectivity index (χ1n) is 7.35. The molecule has 22 heavy (non-hydrogen) atoms. The molecule has 1 fully saturated rings. The molecule has 0 aromatic heterocycles. The van der Waals surface area contributed by atoms with E-state index in [1.807, 2.05) is 38.2 Å². The summed E-state index contributed by atoms with van der Waals surface area (Å²) in [5.41, 5.74) is 0. The maximum atomic E-state index is 11.0. The highest BCUT2D eigenvalue weighted by atomic mass is 16.7. The van der Waals surface area contributed by atoms with Crippen molar-refractivity contribution in [1.82, 2.24) is 0 Å². The number of carbonyl (C=O) groups is 1. The summed E-state index contributed by atoms with van der Waals surface area (Å²) in [6.45, 7) is 3.79. The van der Waals surface area contributed by atoms with Gasteiger partial charge in [-0.2, -0.15) is 0 Å². The van der Waals surface area contributed by atoms with E-state index in [2.05, 4.69) is 10.7 Å². The number of terminal acetylenes is 1. The van der Waals surface area contributed by atoms with Crippen LogP contribution >= 0.6 is 0 Å². The Bertz CT molecular complexity index is 480. The van der Waals surface area contributed by atoms with Gasteiger partial charge in [-0.25, -0.2) is 0 Å². The molecular formula is C18H24O4. The third-order valence-electron chi connectivity index (χ3n) is 3.10. The van der Waals surface area contributed by atoms with Crippen molar-refractivity contribution in [3.8, 4) is 12.3 Å². The van der Waals surface area contributed by atoms with E-state index in [4.69, 9.17) is 15.9 Å². The van der Waals surface area contributed by atoms with Crippen LogP contribution in [-0.4, -0.2) is 31.1 Å². The summed E-state index contributed by atoms with van der Waals surface area (Å²) in [5.74, 6) is 1.63. The molecule has 1 heterocycles. The Labute approximate surface area is 132 Å². The summed E-state index contributed by atoms with van der Waals surface area (Å²) in [6, 6.07) is 0. The van der Waals surface area contributed by atoms with Gasteiger partial charge in [0.15, 0.2) is 5.79 Å². The predicted octanol–water partition coefficient (Wildman–Crippen LogP) is 3.15. The number of hydrogen-bond donors (Lipinski definition) is 0. The fourth-order valence-electron chi connectivity index (χ4n) is 2.14. The minimum atomic E-state index is -0.602. The largest absolute Gasteiger partial charge is 0.469 e. The molecule has 4 nitrogen and oxygen atoms in total. The van der Waals surface area contributed by atoms with Gasteiger partial charge < -0.3 is 14.2 Å². The maximum absolute atomic E-state index is 11.0. The summed E-state index contributed by atoms with van der Waals surface area (Å²) in [6.07, 6.45) is 17.9. The number of ether oxygens (including phenoxy) is 3. The average molecular weight is 304 g/mol. The van der Waals surface area contributed by atoms with Crippen LogP contribution in [0, 0.1) is 12.3 Å². The highest BCUT2D eigenvalue weighted by Crippen LogP contribution is 2.30. The van der Waals surface area contributed by atoms with Crippen LogP contribution in [0.1, 0.15) is 33.1 Å². The first kappa shape index (κ1) is 18.2. The Kier molecular flexibility index (Phi) is 7.65. The standard InChI is InChI=1S/C18H24O4/c1-5-6-7-9-12-15-16(22-18(2,3)21-15)13-10-8-11-14-17(19)20-4/h1,6-10,12,15-16H,11,13-14H2,2-4H3/b7-6+,10-8-,12-9+/t15-,16+/m1/s1. The van der Waals surface area contributed by atoms with Crippen LogP contribution in [-0.2, 0) is 19.0 Å². The van der Waals surface area contributed by atoms with Gasteiger partial charge >= 0.3 is 5.97 Å². The van der Waals surface area contributed by atoms with Gasteiger partial charge in [0.25, 0.3) is 0 Å². The Morgan fingerprint density at radius 2 is 2.09 bits per heavy atom. The van der Waals surface area contributed by atoms with E-state index in [0.29, 0.717) is 12.8 Å². The van der Waals surface area contributed by atoms with Crippen molar-refractivity contribution < 1.29 is 19.0 Å². The van der Waals surface area contributed by atoms with Crippen LogP contribution < -0.4 is 0 Å². The van der Waals surface area contributed by atoms with E-state index in [1.165, 1.54) is 7.11 Å². The maximum Gasteiger partial charge on any atom is 0.305 e. The van der Waals surface area contributed by atoms with E-state index in [9.17, 15) is 4.79 Å². The van der Waals surface area contributed by atoms with E-state index in [-0.39, 0.29) is 18.2 Å². The molecule has 1 rings (SSSR count). The first-order chi connectivity index (χ1) is 10.5. The molecule has 0 amide bonds. The van der Waals surface area contributed by atoms with Crippen molar-refractivity contribution in [1.29, 1.82) is 0 Å². The summed E-state index contributed by atoms with van der Waals surface area (Å²) >= 11 is 0. The Balaban J connectivity index is 2.49. The van der Waals surface area contributed by atoms with Gasteiger partial charge in [0.1, 0.15) is 6.10 Å². The minimum Gasteiger partial charge on any atom is -0.469 e. The van der Waals surface area contributed by atoms with Crippen molar-refractivity contribution in [2.75, 3.05) is 7.11 Å². The van der Waals surface area contributed by atoms with Gasteiger partial charge in [-0.3, -0.25) is 4.79 Å². The Morgan fingerprint density at radius 3 is 2.77 bits per heavy atom. The number of esters is 1. The van der Waals surface area contributed by atoms with Crippen LogP contribution in [0.25, 0.3) is 0 Å². The third kappa shape index (κ3) is 6.75. The molecule has 1 aliphatic rings. The number of carbonyl (C=O) groups excluding carboxylic acids is 1. The van der Waals surface area contributed by atoms with Crippen LogP contribution in [0.15, 0.2) is 36.5 Å². The van der Waals surface area contributed by atoms with E-state index in [0.717, 1.165) is 6.42 Å². The molecular weight excluding hydrogens is 280 g/mol. The number of rotatable bonds is 7. The molecule has 4 heteroatoms. The molecule has 0 N–H and O–H groups in total. The average Bonchev–Trinajstić information content (AvgIpc) is 2.77. The van der Waals surface area contributed by atoms with E-state index < -0.39 is 5.79 Å². The monoisotopic (exact) mass is 304 g/mol. The molecule has 1 saturated heterocycles. The molecule has 0 saturated carbocycles. The SMILES string of the molecule is C#C/C=C/C=C/[C@H]1OC(C)(C)O[C@H]1C/C=C\CCC(=O)OC. The fraction of sp³-hybridized carbons (Fsp3) is 0.500. The smallest absolute Gasteiger partial charge is 0.305 e. The molecule has 0 aromatic carbocycles. The molecule has 2 atom stereocenters. The lowest BCUT2D eigenvalue weighted by atomic mass is 10.1.